The summed E-state index contributed by atoms with van der Waals surface area (Å²) in [6, 6.07) is 36.3. The number of aromatic carboxylic acids is 1. The molecule has 0 spiro atoms. The van der Waals surface area contributed by atoms with E-state index in [1.54, 1.807) is 25.3 Å². The summed E-state index contributed by atoms with van der Waals surface area (Å²) in [5.41, 5.74) is 4.86. The number of carboxylic acid groups (broad SMARTS) is 1. The second-order valence-electron chi connectivity index (χ2n) is 10.9. The molecule has 0 aliphatic heterocycles. The van der Waals surface area contributed by atoms with Crippen LogP contribution < -0.4 is 14.2 Å². The van der Waals surface area contributed by atoms with E-state index in [0.717, 1.165) is 38.6 Å². The molecular formula is C38H31N2NaO6. The Morgan fingerprint density at radius 3 is 2.40 bits per heavy atom. The van der Waals surface area contributed by atoms with Gasteiger partial charge in [-0.3, -0.25) is 0 Å². The first-order valence-electron chi connectivity index (χ1n) is 14.8. The number of rotatable bonds is 10. The number of hydrogen-bond acceptors (Lipinski definition) is 6. The maximum absolute atomic E-state index is 11.5. The summed E-state index contributed by atoms with van der Waals surface area (Å²) >= 11 is 0. The number of ether oxygens (including phenoxy) is 3. The predicted molar refractivity (Wildman–Crippen MR) is 183 cm³/mol. The van der Waals surface area contributed by atoms with Crippen molar-refractivity contribution in [2.75, 3.05) is 7.11 Å². The van der Waals surface area contributed by atoms with E-state index in [1.807, 2.05) is 79.7 Å². The molecule has 0 atom stereocenters. The Morgan fingerprint density at radius 2 is 1.60 bits per heavy atom. The fraction of sp³-hybridized carbons (Fsp3) is 0.105. The van der Waals surface area contributed by atoms with Crippen LogP contribution in [-0.2, 0) is 13.2 Å². The van der Waals surface area contributed by atoms with Crippen LogP contribution >= 0.6 is 0 Å². The minimum absolute atomic E-state index is 0. The molecule has 2 heterocycles. The quantitative estimate of drug-likeness (QED) is 0.151. The fourth-order valence-corrected chi connectivity index (χ4v) is 5.66. The van der Waals surface area contributed by atoms with Gasteiger partial charge in [0.05, 0.1) is 23.6 Å². The number of benzene rings is 5. The Kier molecular flexibility index (Phi) is 9.36. The van der Waals surface area contributed by atoms with Gasteiger partial charge in [-0.25, -0.2) is 9.78 Å². The molecule has 47 heavy (non-hydrogen) atoms. The van der Waals surface area contributed by atoms with Gasteiger partial charge < -0.3 is 28.3 Å². The number of oxazole rings is 1. The average Bonchev–Trinajstić information content (AvgIpc) is 3.62. The van der Waals surface area contributed by atoms with E-state index in [2.05, 4.69) is 27.8 Å². The molecule has 5 aromatic carbocycles. The molecule has 0 aliphatic rings. The van der Waals surface area contributed by atoms with Crippen LogP contribution in [0.3, 0.4) is 0 Å². The summed E-state index contributed by atoms with van der Waals surface area (Å²) in [4.78, 5) is 16.2. The molecule has 0 radical (unpaired) electrons. The van der Waals surface area contributed by atoms with Crippen molar-refractivity contribution in [1.82, 2.24) is 9.55 Å². The number of aryl methyl sites for hydroxylation is 1. The van der Waals surface area contributed by atoms with Gasteiger partial charge in [0.15, 0.2) is 11.5 Å². The number of carbonyl (C=O) groups is 1. The van der Waals surface area contributed by atoms with E-state index in [-0.39, 0.29) is 41.7 Å². The maximum atomic E-state index is 11.5. The van der Waals surface area contributed by atoms with Gasteiger partial charge in [-0.1, -0.05) is 54.6 Å². The molecule has 0 aliphatic carbocycles. The van der Waals surface area contributed by atoms with E-state index in [0.29, 0.717) is 41.2 Å². The molecule has 0 bridgehead atoms. The van der Waals surface area contributed by atoms with Crippen LogP contribution in [0.1, 0.15) is 27.4 Å². The van der Waals surface area contributed by atoms with Crippen LogP contribution in [0.25, 0.3) is 33.3 Å². The number of aromatic nitrogens is 2. The molecule has 230 valence electrons. The van der Waals surface area contributed by atoms with Crippen molar-refractivity contribution in [3.05, 3.63) is 138 Å². The van der Waals surface area contributed by atoms with E-state index in [4.69, 9.17) is 18.6 Å². The van der Waals surface area contributed by atoms with Crippen molar-refractivity contribution in [2.24, 2.45) is 0 Å². The van der Waals surface area contributed by atoms with Crippen molar-refractivity contribution < 1.29 is 28.5 Å². The third kappa shape index (κ3) is 6.49. The van der Waals surface area contributed by atoms with Gasteiger partial charge in [-0.15, -0.1) is 0 Å². The minimum atomic E-state index is -1.00. The van der Waals surface area contributed by atoms with Gasteiger partial charge in [0.25, 0.3) is 0 Å². The van der Waals surface area contributed by atoms with Crippen LogP contribution in [-0.4, -0.2) is 57.3 Å². The SMILES string of the molecule is COc1cc(Cn2c3ccccc3c3c(Oc4cccc(C(=O)O)c4)cccc32)ccc1OCc1nc(-c2ccccc2)oc1C.[NaH]. The molecule has 7 rings (SSSR count). The molecule has 0 unspecified atom stereocenters. The molecule has 2 aromatic heterocycles. The van der Waals surface area contributed by atoms with Crippen molar-refractivity contribution in [3.63, 3.8) is 0 Å². The first-order chi connectivity index (χ1) is 22.5. The van der Waals surface area contributed by atoms with Gasteiger partial charge in [-0.05, 0) is 73.2 Å². The molecule has 1 N–H and O–H groups in total. The average molecular weight is 635 g/mol. The molecule has 0 fully saturated rings. The third-order valence-corrected chi connectivity index (χ3v) is 7.91. The van der Waals surface area contributed by atoms with Gasteiger partial charge >= 0.3 is 35.5 Å². The Hall–Kier alpha value is -5.02. The van der Waals surface area contributed by atoms with Crippen LogP contribution in [0.15, 0.2) is 120 Å². The summed E-state index contributed by atoms with van der Waals surface area (Å²) in [6.45, 7) is 2.69. The predicted octanol–water partition coefficient (Wildman–Crippen LogP) is 8.24. The summed E-state index contributed by atoms with van der Waals surface area (Å²) in [7, 11) is 1.63. The Labute approximate surface area is 293 Å². The number of methoxy groups -OCH3 is 1. The van der Waals surface area contributed by atoms with E-state index in [1.165, 1.54) is 6.07 Å². The molecule has 9 heteroatoms. The zero-order valence-electron chi connectivity index (χ0n) is 25.3. The van der Waals surface area contributed by atoms with Crippen molar-refractivity contribution >= 4 is 57.3 Å². The number of para-hydroxylation sites is 1. The number of carboxylic acids is 1. The van der Waals surface area contributed by atoms with Crippen molar-refractivity contribution in [2.45, 2.75) is 20.1 Å². The first kappa shape index (κ1) is 31.9. The topological polar surface area (TPSA) is 96.0 Å². The Balaban J connectivity index is 0.00000386. The Morgan fingerprint density at radius 1 is 0.830 bits per heavy atom. The van der Waals surface area contributed by atoms with E-state index in [9.17, 15) is 9.90 Å². The summed E-state index contributed by atoms with van der Waals surface area (Å²) in [5.74, 6) is 2.60. The molecule has 0 amide bonds. The zero-order valence-corrected chi connectivity index (χ0v) is 25.3. The molecule has 0 saturated carbocycles. The van der Waals surface area contributed by atoms with Gasteiger partial charge in [0.1, 0.15) is 29.6 Å². The van der Waals surface area contributed by atoms with Gasteiger partial charge in [0, 0.05) is 23.0 Å². The molecule has 0 saturated heterocycles. The second kappa shape index (κ2) is 13.8. The van der Waals surface area contributed by atoms with Crippen LogP contribution in [0.4, 0.5) is 0 Å². The summed E-state index contributed by atoms with van der Waals surface area (Å²) in [5, 5.41) is 11.4. The summed E-state index contributed by atoms with van der Waals surface area (Å²) < 4.78 is 26.3. The van der Waals surface area contributed by atoms with E-state index >= 15 is 0 Å². The number of nitrogens with zero attached hydrogens (tertiary/aromatic N) is 2. The van der Waals surface area contributed by atoms with Crippen molar-refractivity contribution in [3.8, 4) is 34.5 Å². The Bertz CT molecular complexity index is 2210. The number of hydrogen-bond donors (Lipinski definition) is 1. The fourth-order valence-electron chi connectivity index (χ4n) is 5.66. The number of fused-ring (bicyclic) bond motifs is 3. The second-order valence-corrected chi connectivity index (χ2v) is 10.9. The van der Waals surface area contributed by atoms with Crippen LogP contribution in [0, 0.1) is 6.92 Å². The first-order valence-corrected chi connectivity index (χ1v) is 14.8. The molecule has 8 nitrogen and oxygen atoms in total. The van der Waals surface area contributed by atoms with Crippen LogP contribution in [0.2, 0.25) is 0 Å². The zero-order chi connectivity index (χ0) is 31.6. The van der Waals surface area contributed by atoms with Gasteiger partial charge in [0.2, 0.25) is 5.89 Å². The normalized spacial score (nSPS) is 10.9. The molecular weight excluding hydrogens is 603 g/mol. The summed E-state index contributed by atoms with van der Waals surface area (Å²) in [6.07, 6.45) is 0. The van der Waals surface area contributed by atoms with E-state index < -0.39 is 5.97 Å². The van der Waals surface area contributed by atoms with Gasteiger partial charge in [-0.2, -0.15) is 0 Å². The van der Waals surface area contributed by atoms with Crippen molar-refractivity contribution in [1.29, 1.82) is 0 Å². The standard InChI is InChI=1S/C38H30N2O6.Na.H/c1-24-30(39-37(45-24)26-10-4-3-5-11-26)23-44-33-19-18-25(20-35(33)43-2)22-40-31-15-7-6-14-29(31)36-32(40)16-9-17-34(36)46-28-13-8-12-27(21-28)38(41)42;;/h3-21H,22-23H2,1-2H3,(H,41,42);;. The monoisotopic (exact) mass is 634 g/mol. The van der Waals surface area contributed by atoms with Crippen LogP contribution in [0.5, 0.6) is 23.0 Å². The molecule has 7 aromatic rings. The third-order valence-electron chi connectivity index (χ3n) is 7.91.